The van der Waals surface area contributed by atoms with Crippen LogP contribution in [0.2, 0.25) is 5.02 Å². The molecule has 27 heavy (non-hydrogen) atoms. The summed E-state index contributed by atoms with van der Waals surface area (Å²) in [5.74, 6) is 0.0905. The molecule has 2 aromatic carbocycles. The molecule has 8 heteroatoms. The summed E-state index contributed by atoms with van der Waals surface area (Å²) in [7, 11) is -4.00. The van der Waals surface area contributed by atoms with Crippen molar-refractivity contribution in [3.05, 3.63) is 93.5 Å². The highest BCUT2D eigenvalue weighted by Crippen LogP contribution is 2.18. The maximum atomic E-state index is 12.1. The van der Waals surface area contributed by atoms with Crippen molar-refractivity contribution in [2.24, 2.45) is 0 Å². The van der Waals surface area contributed by atoms with Gasteiger partial charge in [-0.1, -0.05) is 41.9 Å². The molecule has 1 aromatic heterocycles. The monoisotopic (exact) mass is 406 g/mol. The van der Waals surface area contributed by atoms with Crippen LogP contribution in [0.3, 0.4) is 0 Å². The molecule has 3 rings (SSSR count). The molecule has 0 N–H and O–H groups in total. The van der Waals surface area contributed by atoms with E-state index in [0.29, 0.717) is 5.02 Å². The zero-order valence-corrected chi connectivity index (χ0v) is 15.6. The molecule has 140 valence electrons. The number of hydrogen-bond acceptors (Lipinski definition) is 6. The predicted molar refractivity (Wildman–Crippen MR) is 99.2 cm³/mol. The maximum absolute atomic E-state index is 12.1. The largest absolute Gasteiger partial charge is 0.482 e. The van der Waals surface area contributed by atoms with Crippen LogP contribution in [0.5, 0.6) is 5.75 Å². The van der Waals surface area contributed by atoms with Gasteiger partial charge in [0, 0.05) is 11.1 Å². The van der Waals surface area contributed by atoms with Gasteiger partial charge < -0.3 is 9.15 Å². The van der Waals surface area contributed by atoms with Crippen molar-refractivity contribution in [2.45, 2.75) is 18.1 Å². The smallest absolute Gasteiger partial charge is 0.297 e. The summed E-state index contributed by atoms with van der Waals surface area (Å²) in [6, 6.07) is 16.0. The van der Waals surface area contributed by atoms with E-state index in [4.69, 9.17) is 24.9 Å². The van der Waals surface area contributed by atoms with Gasteiger partial charge in [-0.3, -0.25) is 8.98 Å². The Balaban J connectivity index is 1.63. The highest BCUT2D eigenvalue weighted by molar-refractivity contribution is 7.86. The van der Waals surface area contributed by atoms with E-state index < -0.39 is 22.2 Å². The SMILES string of the molecule is O=c1cc(COS(=O)(=O)c2ccc(Cl)cc2)occ1OCc1ccccc1. The van der Waals surface area contributed by atoms with Crippen LogP contribution in [0.15, 0.2) is 81.0 Å². The summed E-state index contributed by atoms with van der Waals surface area (Å²) in [5, 5.41) is 0.408. The molecule has 0 radical (unpaired) electrons. The molecule has 0 aliphatic rings. The lowest BCUT2D eigenvalue weighted by Crippen LogP contribution is -2.10. The van der Waals surface area contributed by atoms with Crippen molar-refractivity contribution < 1.29 is 21.8 Å². The van der Waals surface area contributed by atoms with Crippen molar-refractivity contribution in [1.29, 1.82) is 0 Å². The third kappa shape index (κ3) is 5.19. The van der Waals surface area contributed by atoms with Crippen LogP contribution in [0.1, 0.15) is 11.3 Å². The summed E-state index contributed by atoms with van der Waals surface area (Å²) in [6.45, 7) is -0.203. The number of halogens is 1. The molecule has 0 saturated heterocycles. The van der Waals surface area contributed by atoms with Crippen molar-refractivity contribution in [1.82, 2.24) is 0 Å². The van der Waals surface area contributed by atoms with Crippen LogP contribution in [-0.2, 0) is 27.5 Å². The molecule has 0 amide bonds. The van der Waals surface area contributed by atoms with Gasteiger partial charge in [0.1, 0.15) is 25.2 Å². The fourth-order valence-electron chi connectivity index (χ4n) is 2.16. The first-order valence-electron chi connectivity index (χ1n) is 7.87. The maximum Gasteiger partial charge on any atom is 0.297 e. The first kappa shape index (κ1) is 19.2. The van der Waals surface area contributed by atoms with Gasteiger partial charge in [-0.2, -0.15) is 8.42 Å². The van der Waals surface area contributed by atoms with E-state index in [1.54, 1.807) is 0 Å². The molecule has 0 bridgehead atoms. The lowest BCUT2D eigenvalue weighted by atomic mass is 10.2. The van der Waals surface area contributed by atoms with E-state index in [1.807, 2.05) is 30.3 Å². The Morgan fingerprint density at radius 3 is 2.33 bits per heavy atom. The van der Waals surface area contributed by atoms with Crippen molar-refractivity contribution in [3.8, 4) is 5.75 Å². The second-order valence-corrected chi connectivity index (χ2v) is 7.57. The van der Waals surface area contributed by atoms with Crippen molar-refractivity contribution in [2.75, 3.05) is 0 Å². The Bertz CT molecular complexity index is 1060. The van der Waals surface area contributed by atoms with Gasteiger partial charge in [-0.25, -0.2) is 0 Å². The summed E-state index contributed by atoms with van der Waals surface area (Å²) in [5.41, 5.74) is 0.470. The number of ether oxygens (including phenoxy) is 1. The standard InChI is InChI=1S/C19H15ClO6S/c20-15-6-8-17(9-7-15)27(22,23)26-12-16-10-18(21)19(13-24-16)25-11-14-4-2-1-3-5-14/h1-10,13H,11-12H2. The fraction of sp³-hybridized carbons (Fsp3) is 0.105. The summed E-state index contributed by atoms with van der Waals surface area (Å²) < 4.78 is 39.8. The molecular formula is C19H15ClO6S. The Labute approximate surface area is 161 Å². The van der Waals surface area contributed by atoms with E-state index >= 15 is 0 Å². The van der Waals surface area contributed by atoms with Gasteiger partial charge in [0.05, 0.1) is 4.90 Å². The molecule has 0 aliphatic carbocycles. The Morgan fingerprint density at radius 2 is 1.67 bits per heavy atom. The third-order valence-electron chi connectivity index (χ3n) is 3.55. The van der Waals surface area contributed by atoms with Gasteiger partial charge >= 0.3 is 0 Å². The fourth-order valence-corrected chi connectivity index (χ4v) is 3.16. The number of benzene rings is 2. The van der Waals surface area contributed by atoms with Gasteiger partial charge in [0.2, 0.25) is 11.2 Å². The number of hydrogen-bond donors (Lipinski definition) is 0. The summed E-state index contributed by atoms with van der Waals surface area (Å²) in [6.07, 6.45) is 1.14. The third-order valence-corrected chi connectivity index (χ3v) is 5.08. The van der Waals surface area contributed by atoms with Gasteiger partial charge in [0.25, 0.3) is 10.1 Å². The first-order chi connectivity index (χ1) is 12.9. The van der Waals surface area contributed by atoms with E-state index in [2.05, 4.69) is 0 Å². The van der Waals surface area contributed by atoms with Gasteiger partial charge in [0.15, 0.2) is 0 Å². The molecule has 0 fully saturated rings. The molecule has 0 aliphatic heterocycles. The van der Waals surface area contributed by atoms with E-state index in [0.717, 1.165) is 17.9 Å². The van der Waals surface area contributed by atoms with Gasteiger partial charge in [-0.05, 0) is 29.8 Å². The molecular weight excluding hydrogens is 392 g/mol. The second kappa shape index (κ2) is 8.39. The van der Waals surface area contributed by atoms with Crippen LogP contribution in [-0.4, -0.2) is 8.42 Å². The molecule has 6 nitrogen and oxygen atoms in total. The average molecular weight is 407 g/mol. The van der Waals surface area contributed by atoms with Crippen LogP contribution in [0.25, 0.3) is 0 Å². The van der Waals surface area contributed by atoms with E-state index in [9.17, 15) is 13.2 Å². The van der Waals surface area contributed by atoms with E-state index in [1.165, 1.54) is 24.3 Å². The van der Waals surface area contributed by atoms with Crippen molar-refractivity contribution >= 4 is 21.7 Å². The molecule has 0 atom stereocenters. The van der Waals surface area contributed by atoms with Crippen LogP contribution in [0, 0.1) is 0 Å². The quantitative estimate of drug-likeness (QED) is 0.555. The Hall–Kier alpha value is -2.61. The lowest BCUT2D eigenvalue weighted by molar-refractivity contribution is 0.257. The minimum atomic E-state index is -4.00. The number of rotatable bonds is 7. The topological polar surface area (TPSA) is 82.8 Å². The Morgan fingerprint density at radius 1 is 0.963 bits per heavy atom. The average Bonchev–Trinajstić information content (AvgIpc) is 2.67. The molecule has 1 heterocycles. The van der Waals surface area contributed by atoms with Gasteiger partial charge in [-0.15, -0.1) is 0 Å². The molecule has 0 unspecified atom stereocenters. The van der Waals surface area contributed by atoms with E-state index in [-0.39, 0.29) is 23.0 Å². The highest BCUT2D eigenvalue weighted by atomic mass is 35.5. The first-order valence-corrected chi connectivity index (χ1v) is 9.66. The normalized spacial score (nSPS) is 11.3. The highest BCUT2D eigenvalue weighted by Gasteiger charge is 2.16. The Kier molecular flexibility index (Phi) is 5.95. The van der Waals surface area contributed by atoms with Crippen LogP contribution < -0.4 is 10.2 Å². The minimum Gasteiger partial charge on any atom is -0.482 e. The van der Waals surface area contributed by atoms with Crippen LogP contribution >= 0.6 is 11.6 Å². The zero-order valence-electron chi connectivity index (χ0n) is 14.0. The summed E-state index contributed by atoms with van der Waals surface area (Å²) in [4.78, 5) is 12.0. The zero-order chi connectivity index (χ0) is 19.3. The lowest BCUT2D eigenvalue weighted by Gasteiger charge is -2.07. The minimum absolute atomic E-state index is 0.0307. The predicted octanol–water partition coefficient (Wildman–Crippen LogP) is 3.78. The molecule has 3 aromatic rings. The van der Waals surface area contributed by atoms with Crippen LogP contribution in [0.4, 0.5) is 0 Å². The molecule has 0 saturated carbocycles. The summed E-state index contributed by atoms with van der Waals surface area (Å²) >= 11 is 5.73. The van der Waals surface area contributed by atoms with Crippen molar-refractivity contribution in [3.63, 3.8) is 0 Å². The second-order valence-electron chi connectivity index (χ2n) is 5.52. The molecule has 0 spiro atoms.